The van der Waals surface area contributed by atoms with Gasteiger partial charge in [0.05, 0.1) is 6.54 Å². The van der Waals surface area contributed by atoms with Gasteiger partial charge in [-0.05, 0) is 18.4 Å². The van der Waals surface area contributed by atoms with Crippen LogP contribution in [0, 0.1) is 11.8 Å². The molecule has 0 aromatic rings. The van der Waals surface area contributed by atoms with E-state index in [1.165, 1.54) is 9.80 Å². The first kappa shape index (κ1) is 12.5. The number of likely N-dealkylation sites (tertiary alicyclic amines) is 1. The molecule has 1 aliphatic carbocycles. The number of amides is 1. The lowest BCUT2D eigenvalue weighted by Crippen LogP contribution is -2.41. The van der Waals surface area contributed by atoms with Crippen LogP contribution in [0.5, 0.6) is 0 Å². The van der Waals surface area contributed by atoms with Crippen molar-refractivity contribution in [2.45, 2.75) is 19.1 Å². The fourth-order valence-electron chi connectivity index (χ4n) is 2.85. The third-order valence-corrected chi connectivity index (χ3v) is 3.63. The van der Waals surface area contributed by atoms with Crippen molar-refractivity contribution < 1.29 is 23.1 Å². The topological polar surface area (TPSA) is 43.8 Å². The first-order valence-corrected chi connectivity index (χ1v) is 5.62. The van der Waals surface area contributed by atoms with E-state index in [-0.39, 0.29) is 17.9 Å². The van der Waals surface area contributed by atoms with Gasteiger partial charge in [-0.15, -0.1) is 0 Å². The van der Waals surface area contributed by atoms with Crippen molar-refractivity contribution in [2.75, 3.05) is 26.2 Å². The van der Waals surface area contributed by atoms with E-state index in [1.807, 2.05) is 0 Å². The number of hydrogen-bond donors (Lipinski definition) is 1. The quantitative estimate of drug-likeness (QED) is 0.827. The number of carboxylic acid groups (broad SMARTS) is 1. The Morgan fingerprint density at radius 3 is 2.29 bits per heavy atom. The lowest BCUT2D eigenvalue weighted by atomic mass is 10.3. The fourth-order valence-corrected chi connectivity index (χ4v) is 2.85. The predicted octanol–water partition coefficient (Wildman–Crippen LogP) is 1.48. The average molecular weight is 252 g/mol. The van der Waals surface area contributed by atoms with Crippen LogP contribution in [-0.2, 0) is 0 Å². The number of carbonyl (C=O) groups is 1. The molecule has 2 atom stereocenters. The van der Waals surface area contributed by atoms with Crippen LogP contribution in [0.3, 0.4) is 0 Å². The van der Waals surface area contributed by atoms with Gasteiger partial charge in [0.25, 0.3) is 0 Å². The van der Waals surface area contributed by atoms with Crippen LogP contribution in [0.25, 0.3) is 0 Å². The molecular formula is C10H15F3N2O2. The zero-order valence-electron chi connectivity index (χ0n) is 9.44. The number of hydrogen-bond acceptors (Lipinski definition) is 2. The number of rotatable bonds is 3. The lowest BCUT2D eigenvalue weighted by molar-refractivity contribution is -0.147. The minimum absolute atomic E-state index is 0.0859. The molecule has 0 spiro atoms. The zero-order valence-corrected chi connectivity index (χ0v) is 9.44. The summed E-state index contributed by atoms with van der Waals surface area (Å²) in [6.07, 6.45) is -5.16. The minimum Gasteiger partial charge on any atom is -0.465 e. The molecule has 2 fully saturated rings. The Balaban J connectivity index is 1.89. The monoisotopic (exact) mass is 252 g/mol. The van der Waals surface area contributed by atoms with Crippen molar-refractivity contribution in [3.05, 3.63) is 0 Å². The molecule has 98 valence electrons. The second kappa shape index (κ2) is 4.04. The highest BCUT2D eigenvalue weighted by Crippen LogP contribution is 2.49. The van der Waals surface area contributed by atoms with Gasteiger partial charge >= 0.3 is 12.3 Å². The number of fused-ring (bicyclic) bond motifs is 1. The van der Waals surface area contributed by atoms with E-state index in [0.29, 0.717) is 19.6 Å². The third kappa shape index (κ3) is 2.48. The van der Waals surface area contributed by atoms with Crippen LogP contribution in [0.15, 0.2) is 0 Å². The molecule has 0 unspecified atom stereocenters. The zero-order chi connectivity index (χ0) is 12.8. The summed E-state index contributed by atoms with van der Waals surface area (Å²) in [5.74, 6) is 0.182. The van der Waals surface area contributed by atoms with Gasteiger partial charge in [0.2, 0.25) is 0 Å². The van der Waals surface area contributed by atoms with Crippen molar-refractivity contribution in [1.82, 2.24) is 9.80 Å². The van der Waals surface area contributed by atoms with Gasteiger partial charge < -0.3 is 10.0 Å². The summed E-state index contributed by atoms with van der Waals surface area (Å²) in [6, 6.07) is -0.0859. The number of nitrogens with zero attached hydrogens (tertiary/aromatic N) is 2. The highest BCUT2D eigenvalue weighted by Gasteiger charge is 2.59. The van der Waals surface area contributed by atoms with Gasteiger partial charge in [-0.25, -0.2) is 4.79 Å². The van der Waals surface area contributed by atoms with Gasteiger partial charge in [0.1, 0.15) is 0 Å². The molecule has 1 saturated heterocycles. The smallest absolute Gasteiger partial charge is 0.407 e. The Hall–Kier alpha value is -0.980. The van der Waals surface area contributed by atoms with Crippen molar-refractivity contribution in [3.8, 4) is 0 Å². The van der Waals surface area contributed by atoms with Crippen LogP contribution in [-0.4, -0.2) is 59.4 Å². The highest BCUT2D eigenvalue weighted by molar-refractivity contribution is 5.65. The molecule has 2 aliphatic rings. The average Bonchev–Trinajstić information content (AvgIpc) is 2.68. The summed E-state index contributed by atoms with van der Waals surface area (Å²) in [4.78, 5) is 13.4. The minimum atomic E-state index is -4.18. The highest BCUT2D eigenvalue weighted by atomic mass is 19.4. The van der Waals surface area contributed by atoms with Gasteiger partial charge in [-0.1, -0.05) is 6.92 Å². The Labute approximate surface area is 97.0 Å². The summed E-state index contributed by atoms with van der Waals surface area (Å²) in [5, 5.41) is 8.75. The van der Waals surface area contributed by atoms with Crippen LogP contribution in [0.1, 0.15) is 6.92 Å². The summed E-state index contributed by atoms with van der Waals surface area (Å²) >= 11 is 0. The number of halogens is 3. The van der Waals surface area contributed by atoms with Crippen LogP contribution >= 0.6 is 0 Å². The second-order valence-electron chi connectivity index (χ2n) is 4.68. The van der Waals surface area contributed by atoms with Crippen molar-refractivity contribution in [3.63, 3.8) is 0 Å². The molecule has 1 heterocycles. The Kier molecular flexibility index (Phi) is 2.97. The largest absolute Gasteiger partial charge is 0.465 e. The second-order valence-corrected chi connectivity index (χ2v) is 4.68. The van der Waals surface area contributed by atoms with E-state index >= 15 is 0 Å². The SMILES string of the molecule is CCN(CC(F)(F)F)C1[C@@H]2CN(C(=O)O)C[C@@H]12. The van der Waals surface area contributed by atoms with E-state index in [0.717, 1.165) is 0 Å². The third-order valence-electron chi connectivity index (χ3n) is 3.63. The predicted molar refractivity (Wildman–Crippen MR) is 53.7 cm³/mol. The first-order valence-electron chi connectivity index (χ1n) is 5.62. The van der Waals surface area contributed by atoms with Crippen LogP contribution in [0.2, 0.25) is 0 Å². The van der Waals surface area contributed by atoms with Gasteiger partial charge in [0.15, 0.2) is 0 Å². The molecule has 4 nitrogen and oxygen atoms in total. The summed E-state index contributed by atoms with van der Waals surface area (Å²) in [5.41, 5.74) is 0. The first-order chi connectivity index (χ1) is 7.83. The molecule has 1 aliphatic heterocycles. The summed E-state index contributed by atoms with van der Waals surface area (Å²) in [6.45, 7) is 1.91. The van der Waals surface area contributed by atoms with E-state index < -0.39 is 18.8 Å². The van der Waals surface area contributed by atoms with Gasteiger partial charge in [-0.2, -0.15) is 13.2 Å². The van der Waals surface area contributed by atoms with Gasteiger partial charge in [0, 0.05) is 19.1 Å². The molecular weight excluding hydrogens is 237 g/mol. The molecule has 7 heteroatoms. The molecule has 0 aromatic carbocycles. The fraction of sp³-hybridized carbons (Fsp3) is 0.900. The summed E-state index contributed by atoms with van der Waals surface area (Å²) < 4.78 is 36.9. The molecule has 17 heavy (non-hydrogen) atoms. The van der Waals surface area contributed by atoms with Gasteiger partial charge in [-0.3, -0.25) is 4.90 Å². The molecule has 0 bridgehead atoms. The maximum atomic E-state index is 12.3. The Bertz CT molecular complexity index is 309. The molecule has 1 N–H and O–H groups in total. The van der Waals surface area contributed by atoms with E-state index in [9.17, 15) is 18.0 Å². The van der Waals surface area contributed by atoms with E-state index in [4.69, 9.17) is 5.11 Å². The maximum absolute atomic E-state index is 12.3. The summed E-state index contributed by atoms with van der Waals surface area (Å²) in [7, 11) is 0. The van der Waals surface area contributed by atoms with Crippen molar-refractivity contribution in [2.24, 2.45) is 11.8 Å². The number of alkyl halides is 3. The molecule has 2 rings (SSSR count). The lowest BCUT2D eigenvalue weighted by Gasteiger charge is -2.25. The molecule has 1 saturated carbocycles. The molecule has 0 aromatic heterocycles. The standard InChI is InChI=1S/C10H15F3N2O2/c1-2-14(5-10(11,12)13)8-6-3-15(9(16)17)4-7(6)8/h6-8H,2-5H2,1H3,(H,16,17)/t6-,7-/m1/s1. The van der Waals surface area contributed by atoms with Crippen molar-refractivity contribution >= 4 is 6.09 Å². The van der Waals surface area contributed by atoms with Crippen LogP contribution < -0.4 is 0 Å². The Morgan fingerprint density at radius 1 is 1.41 bits per heavy atom. The normalized spacial score (nSPS) is 31.8. The molecule has 0 radical (unpaired) electrons. The van der Waals surface area contributed by atoms with E-state index in [2.05, 4.69) is 0 Å². The van der Waals surface area contributed by atoms with Crippen molar-refractivity contribution in [1.29, 1.82) is 0 Å². The maximum Gasteiger partial charge on any atom is 0.407 e. The van der Waals surface area contributed by atoms with Crippen LogP contribution in [0.4, 0.5) is 18.0 Å². The molecule has 1 amide bonds. The van der Waals surface area contributed by atoms with E-state index in [1.54, 1.807) is 6.92 Å². The number of piperidine rings is 1. The Morgan fingerprint density at radius 2 is 1.94 bits per heavy atom.